The fourth-order valence-corrected chi connectivity index (χ4v) is 8.84. The van der Waals surface area contributed by atoms with E-state index in [4.69, 9.17) is 0 Å². The Bertz CT molecular complexity index is 3080. The molecule has 1 heterocycles. The third-order valence-electron chi connectivity index (χ3n) is 12.0. The summed E-state index contributed by atoms with van der Waals surface area (Å²) in [5.41, 5.74) is 18.8. The molecule has 0 radical (unpaired) electrons. The summed E-state index contributed by atoms with van der Waals surface area (Å²) in [4.78, 5) is 2.34. The minimum atomic E-state index is 1.10. The van der Waals surface area contributed by atoms with Crippen LogP contribution in [0.5, 0.6) is 0 Å². The molecule has 0 aliphatic rings. The zero-order valence-corrected chi connectivity index (χ0v) is 34.1. The number of benzene rings is 10. The molecule has 0 saturated heterocycles. The Morgan fingerprint density at radius 2 is 0.484 bits per heavy atom. The molecule has 0 bridgehead atoms. The summed E-state index contributed by atoms with van der Waals surface area (Å²) in [6, 6.07) is 91.9. The van der Waals surface area contributed by atoms with Gasteiger partial charge in [-0.15, -0.1) is 0 Å². The topological polar surface area (TPSA) is 8.17 Å². The highest BCUT2D eigenvalue weighted by Crippen LogP contribution is 2.40. The first-order valence-corrected chi connectivity index (χ1v) is 21.2. The highest BCUT2D eigenvalue weighted by atomic mass is 15.1. The van der Waals surface area contributed by atoms with Crippen molar-refractivity contribution < 1.29 is 0 Å². The molecule has 0 saturated carbocycles. The van der Waals surface area contributed by atoms with Gasteiger partial charge in [0.25, 0.3) is 0 Å². The van der Waals surface area contributed by atoms with Crippen molar-refractivity contribution in [2.45, 2.75) is 0 Å². The van der Waals surface area contributed by atoms with E-state index in [0.717, 1.165) is 22.7 Å². The highest BCUT2D eigenvalue weighted by molar-refractivity contribution is 6.11. The van der Waals surface area contributed by atoms with Crippen LogP contribution in [-0.2, 0) is 0 Å². The van der Waals surface area contributed by atoms with E-state index in [1.54, 1.807) is 0 Å². The Morgan fingerprint density at radius 3 is 0.806 bits per heavy atom. The Morgan fingerprint density at radius 1 is 0.226 bits per heavy atom. The smallest absolute Gasteiger partial charge is 0.0541 e. The van der Waals surface area contributed by atoms with Crippen LogP contribution in [0.3, 0.4) is 0 Å². The second kappa shape index (κ2) is 16.1. The van der Waals surface area contributed by atoms with E-state index in [1.807, 2.05) is 0 Å². The molecule has 0 fully saturated rings. The van der Waals surface area contributed by atoms with Crippen molar-refractivity contribution in [2.75, 3.05) is 4.90 Å². The first kappa shape index (κ1) is 36.8. The summed E-state index contributed by atoms with van der Waals surface area (Å²) in [5, 5.41) is 2.49. The van der Waals surface area contributed by atoms with Crippen LogP contribution in [0.2, 0.25) is 0 Å². The van der Waals surface area contributed by atoms with Gasteiger partial charge in [-0.1, -0.05) is 182 Å². The van der Waals surface area contributed by atoms with Gasteiger partial charge in [-0.2, -0.15) is 0 Å². The molecule has 0 amide bonds. The molecule has 62 heavy (non-hydrogen) atoms. The van der Waals surface area contributed by atoms with Gasteiger partial charge in [0.1, 0.15) is 0 Å². The number of rotatable bonds is 9. The molecule has 2 heteroatoms. The van der Waals surface area contributed by atoms with Crippen LogP contribution in [0.1, 0.15) is 0 Å². The molecule has 0 aliphatic carbocycles. The molecule has 0 spiro atoms. The van der Waals surface area contributed by atoms with Crippen LogP contribution in [0.25, 0.3) is 83.1 Å². The number of hydrogen-bond acceptors (Lipinski definition) is 1. The van der Waals surface area contributed by atoms with Crippen LogP contribution < -0.4 is 4.90 Å². The fraction of sp³-hybridized carbons (Fsp3) is 0. The van der Waals surface area contributed by atoms with Gasteiger partial charge in [0.05, 0.1) is 11.0 Å². The largest absolute Gasteiger partial charge is 0.311 e. The van der Waals surface area contributed by atoms with Crippen molar-refractivity contribution in [1.82, 2.24) is 4.57 Å². The van der Waals surface area contributed by atoms with E-state index in [1.165, 1.54) is 77.4 Å². The summed E-state index contributed by atoms with van der Waals surface area (Å²) >= 11 is 0. The summed E-state index contributed by atoms with van der Waals surface area (Å²) in [7, 11) is 0. The minimum Gasteiger partial charge on any atom is -0.311 e. The van der Waals surface area contributed by atoms with E-state index in [-0.39, 0.29) is 0 Å². The van der Waals surface area contributed by atoms with E-state index >= 15 is 0 Å². The normalized spacial score (nSPS) is 11.2. The van der Waals surface area contributed by atoms with Gasteiger partial charge in [-0.05, 0) is 128 Å². The van der Waals surface area contributed by atoms with Crippen LogP contribution in [0, 0.1) is 0 Å². The van der Waals surface area contributed by atoms with E-state index in [9.17, 15) is 0 Å². The van der Waals surface area contributed by atoms with Gasteiger partial charge in [-0.25, -0.2) is 0 Å². The lowest BCUT2D eigenvalue weighted by molar-refractivity contribution is 1.18. The number of nitrogens with zero attached hydrogens (tertiary/aromatic N) is 2. The third-order valence-corrected chi connectivity index (χ3v) is 12.0. The van der Waals surface area contributed by atoms with Crippen molar-refractivity contribution >= 4 is 38.9 Å². The highest BCUT2D eigenvalue weighted by Gasteiger charge is 2.17. The Balaban J connectivity index is 0.941. The Labute approximate surface area is 362 Å². The van der Waals surface area contributed by atoms with Crippen molar-refractivity contribution in [3.05, 3.63) is 255 Å². The average molecular weight is 791 g/mol. The Hall–Kier alpha value is -8.20. The first-order valence-electron chi connectivity index (χ1n) is 21.2. The number of anilines is 3. The van der Waals surface area contributed by atoms with Crippen molar-refractivity contribution in [3.8, 4) is 61.3 Å². The minimum absolute atomic E-state index is 1.10. The van der Waals surface area contributed by atoms with Crippen LogP contribution >= 0.6 is 0 Å². The van der Waals surface area contributed by atoms with Gasteiger partial charge in [0, 0.05) is 33.5 Å². The van der Waals surface area contributed by atoms with Gasteiger partial charge in [0.2, 0.25) is 0 Å². The molecule has 10 aromatic carbocycles. The van der Waals surface area contributed by atoms with Gasteiger partial charge in [-0.3, -0.25) is 0 Å². The molecule has 11 aromatic rings. The Kier molecular flexibility index (Phi) is 9.57. The monoisotopic (exact) mass is 790 g/mol. The standard InChI is InChI=1S/C60H42N2/c1-5-13-43(14-6-1)47-21-31-53(32-22-47)61(54-33-23-48(24-34-54)44-15-7-2-8-16-44)55-35-25-49(26-36-55)50-27-37-56(38-28-50)62-59-39-29-51(45-17-9-3-10-18-45)41-57(59)58-42-52(30-40-60(58)62)46-19-11-4-12-20-46/h1-42H. The molecular formula is C60H42N2. The predicted octanol–water partition coefficient (Wildman–Crippen LogP) is 16.6. The predicted molar refractivity (Wildman–Crippen MR) is 263 cm³/mol. The van der Waals surface area contributed by atoms with Crippen molar-refractivity contribution in [1.29, 1.82) is 0 Å². The third kappa shape index (κ3) is 7.04. The number of fused-ring (bicyclic) bond motifs is 3. The zero-order valence-electron chi connectivity index (χ0n) is 34.1. The van der Waals surface area contributed by atoms with Crippen molar-refractivity contribution in [2.24, 2.45) is 0 Å². The van der Waals surface area contributed by atoms with Crippen molar-refractivity contribution in [3.63, 3.8) is 0 Å². The van der Waals surface area contributed by atoms with Gasteiger partial charge in [0.15, 0.2) is 0 Å². The van der Waals surface area contributed by atoms with Gasteiger partial charge >= 0.3 is 0 Å². The van der Waals surface area contributed by atoms with E-state index in [0.29, 0.717) is 0 Å². The lowest BCUT2D eigenvalue weighted by atomic mass is 10.0. The molecule has 2 nitrogen and oxygen atoms in total. The molecule has 0 N–H and O–H groups in total. The second-order valence-electron chi connectivity index (χ2n) is 15.8. The fourth-order valence-electron chi connectivity index (χ4n) is 8.84. The molecule has 0 aliphatic heterocycles. The zero-order chi connectivity index (χ0) is 41.2. The maximum absolute atomic E-state index is 2.41. The summed E-state index contributed by atoms with van der Waals surface area (Å²) in [6.45, 7) is 0. The molecule has 292 valence electrons. The first-order chi connectivity index (χ1) is 30.7. The summed E-state index contributed by atoms with van der Waals surface area (Å²) in [6.07, 6.45) is 0. The van der Waals surface area contributed by atoms with Gasteiger partial charge < -0.3 is 9.47 Å². The molecule has 0 unspecified atom stereocenters. The van der Waals surface area contributed by atoms with Crippen LogP contribution in [0.15, 0.2) is 255 Å². The molecule has 0 atom stereocenters. The number of hydrogen-bond donors (Lipinski definition) is 0. The average Bonchev–Trinajstić information content (AvgIpc) is 3.69. The molecule has 11 rings (SSSR count). The maximum atomic E-state index is 2.41. The molecule has 1 aromatic heterocycles. The molecular weight excluding hydrogens is 749 g/mol. The SMILES string of the molecule is c1ccc(-c2ccc(N(c3ccc(-c4ccccc4)cc3)c3ccc(-c4ccc(-n5c6ccc(-c7ccccc7)cc6c6cc(-c7ccccc7)ccc65)cc4)cc3)cc2)cc1. The van der Waals surface area contributed by atoms with Crippen LogP contribution in [-0.4, -0.2) is 4.57 Å². The van der Waals surface area contributed by atoms with E-state index < -0.39 is 0 Å². The quantitative estimate of drug-likeness (QED) is 0.141. The summed E-state index contributed by atoms with van der Waals surface area (Å²) < 4.78 is 2.41. The van der Waals surface area contributed by atoms with E-state index in [2.05, 4.69) is 264 Å². The second-order valence-corrected chi connectivity index (χ2v) is 15.8. The lowest BCUT2D eigenvalue weighted by Gasteiger charge is -2.26. The number of aromatic nitrogens is 1. The lowest BCUT2D eigenvalue weighted by Crippen LogP contribution is -2.09. The maximum Gasteiger partial charge on any atom is 0.0541 e. The summed E-state index contributed by atoms with van der Waals surface area (Å²) in [5.74, 6) is 0. The van der Waals surface area contributed by atoms with Crippen LogP contribution in [0.4, 0.5) is 17.1 Å².